The van der Waals surface area contributed by atoms with Gasteiger partial charge in [0.15, 0.2) is 0 Å². The van der Waals surface area contributed by atoms with E-state index in [2.05, 4.69) is 28.2 Å². The zero-order valence-corrected chi connectivity index (χ0v) is 15.8. The minimum Gasteiger partial charge on any atom is -0.338 e. The number of urea groups is 1. The SMILES string of the molecule is CCNCc1cccc(NC(=O)CCCNC(=O)NC2CCCCC2)c1. The average Bonchev–Trinajstić information content (AvgIpc) is 2.65. The van der Waals surface area contributed by atoms with Gasteiger partial charge in [0.05, 0.1) is 0 Å². The molecule has 1 aromatic carbocycles. The zero-order chi connectivity index (χ0) is 18.6. The van der Waals surface area contributed by atoms with Crippen LogP contribution in [0, 0.1) is 0 Å². The van der Waals surface area contributed by atoms with Crippen molar-refractivity contribution >= 4 is 17.6 Å². The van der Waals surface area contributed by atoms with Crippen molar-refractivity contribution in [3.63, 3.8) is 0 Å². The number of hydrogen-bond acceptors (Lipinski definition) is 3. The maximum absolute atomic E-state index is 12.0. The van der Waals surface area contributed by atoms with E-state index in [0.29, 0.717) is 25.4 Å². The van der Waals surface area contributed by atoms with Gasteiger partial charge in [0.1, 0.15) is 0 Å². The van der Waals surface area contributed by atoms with Crippen molar-refractivity contribution < 1.29 is 9.59 Å². The summed E-state index contributed by atoms with van der Waals surface area (Å²) in [5.41, 5.74) is 1.96. The molecule has 144 valence electrons. The van der Waals surface area contributed by atoms with E-state index >= 15 is 0 Å². The third kappa shape index (κ3) is 7.87. The Labute approximate surface area is 156 Å². The zero-order valence-electron chi connectivity index (χ0n) is 15.8. The van der Waals surface area contributed by atoms with Gasteiger partial charge in [-0.1, -0.05) is 38.3 Å². The van der Waals surface area contributed by atoms with Crippen molar-refractivity contribution in [1.29, 1.82) is 0 Å². The van der Waals surface area contributed by atoms with E-state index in [4.69, 9.17) is 0 Å². The molecule has 0 aromatic heterocycles. The highest BCUT2D eigenvalue weighted by molar-refractivity contribution is 5.90. The fourth-order valence-corrected chi connectivity index (χ4v) is 3.19. The lowest BCUT2D eigenvalue weighted by molar-refractivity contribution is -0.116. The van der Waals surface area contributed by atoms with E-state index in [0.717, 1.165) is 37.2 Å². The molecule has 3 amide bonds. The molecule has 1 aliphatic carbocycles. The van der Waals surface area contributed by atoms with Crippen molar-refractivity contribution in [3.8, 4) is 0 Å². The molecule has 6 nitrogen and oxygen atoms in total. The third-order valence-corrected chi connectivity index (χ3v) is 4.60. The lowest BCUT2D eigenvalue weighted by atomic mass is 9.96. The van der Waals surface area contributed by atoms with E-state index in [-0.39, 0.29) is 11.9 Å². The summed E-state index contributed by atoms with van der Waals surface area (Å²) in [6.45, 7) is 4.28. The van der Waals surface area contributed by atoms with Crippen LogP contribution in [-0.4, -0.2) is 31.1 Å². The topological polar surface area (TPSA) is 82.3 Å². The second-order valence-electron chi connectivity index (χ2n) is 6.87. The molecule has 1 aliphatic rings. The number of nitrogens with one attached hydrogen (secondary N) is 4. The van der Waals surface area contributed by atoms with E-state index in [1.807, 2.05) is 24.3 Å². The number of benzene rings is 1. The van der Waals surface area contributed by atoms with Gasteiger partial charge < -0.3 is 21.3 Å². The van der Waals surface area contributed by atoms with E-state index in [1.165, 1.54) is 19.3 Å². The van der Waals surface area contributed by atoms with Gasteiger partial charge >= 0.3 is 6.03 Å². The summed E-state index contributed by atoms with van der Waals surface area (Å²) in [4.78, 5) is 23.9. The predicted octanol–water partition coefficient (Wildman–Crippen LogP) is 3.15. The molecule has 0 heterocycles. The molecule has 1 aromatic rings. The van der Waals surface area contributed by atoms with Gasteiger partial charge in [0, 0.05) is 31.2 Å². The minimum absolute atomic E-state index is 0.0277. The summed E-state index contributed by atoms with van der Waals surface area (Å²) < 4.78 is 0. The fourth-order valence-electron chi connectivity index (χ4n) is 3.19. The van der Waals surface area contributed by atoms with Crippen molar-refractivity contribution in [2.24, 2.45) is 0 Å². The quantitative estimate of drug-likeness (QED) is 0.511. The molecule has 0 saturated heterocycles. The molecule has 0 spiro atoms. The smallest absolute Gasteiger partial charge is 0.315 e. The van der Waals surface area contributed by atoms with Gasteiger partial charge in [-0.25, -0.2) is 4.79 Å². The Hall–Kier alpha value is -2.08. The molecular weight excluding hydrogens is 328 g/mol. The monoisotopic (exact) mass is 360 g/mol. The first-order valence-electron chi connectivity index (χ1n) is 9.81. The van der Waals surface area contributed by atoms with Crippen LogP contribution in [0.25, 0.3) is 0 Å². The molecule has 6 heteroatoms. The van der Waals surface area contributed by atoms with Crippen molar-refractivity contribution in [2.75, 3.05) is 18.4 Å². The predicted molar refractivity (Wildman–Crippen MR) is 105 cm³/mol. The fraction of sp³-hybridized carbons (Fsp3) is 0.600. The summed E-state index contributed by atoms with van der Waals surface area (Å²) in [5, 5.41) is 12.0. The Balaban J connectivity index is 1.60. The van der Waals surface area contributed by atoms with Crippen LogP contribution in [-0.2, 0) is 11.3 Å². The first kappa shape index (κ1) is 20.2. The van der Waals surface area contributed by atoms with Crippen LogP contribution in [0.4, 0.5) is 10.5 Å². The van der Waals surface area contributed by atoms with E-state index in [1.54, 1.807) is 0 Å². The maximum Gasteiger partial charge on any atom is 0.315 e. The third-order valence-electron chi connectivity index (χ3n) is 4.60. The Morgan fingerprint density at radius 3 is 2.73 bits per heavy atom. The average molecular weight is 361 g/mol. The lowest BCUT2D eigenvalue weighted by Gasteiger charge is -2.22. The molecule has 2 rings (SSSR count). The normalized spacial score (nSPS) is 14.7. The van der Waals surface area contributed by atoms with Crippen molar-refractivity contribution in [1.82, 2.24) is 16.0 Å². The number of carbonyl (C=O) groups excluding carboxylic acids is 2. The van der Waals surface area contributed by atoms with Crippen LogP contribution >= 0.6 is 0 Å². The molecule has 0 atom stereocenters. The van der Waals surface area contributed by atoms with E-state index < -0.39 is 0 Å². The summed E-state index contributed by atoms with van der Waals surface area (Å²) in [6, 6.07) is 8.04. The van der Waals surface area contributed by atoms with Gasteiger partial charge in [-0.2, -0.15) is 0 Å². The van der Waals surface area contributed by atoms with Gasteiger partial charge in [-0.15, -0.1) is 0 Å². The summed E-state index contributed by atoms with van der Waals surface area (Å²) >= 11 is 0. The highest BCUT2D eigenvalue weighted by Gasteiger charge is 2.15. The van der Waals surface area contributed by atoms with Crippen LogP contribution in [0.3, 0.4) is 0 Å². The van der Waals surface area contributed by atoms with Gasteiger partial charge in [-0.05, 0) is 43.5 Å². The van der Waals surface area contributed by atoms with Gasteiger partial charge in [0.2, 0.25) is 5.91 Å². The first-order chi connectivity index (χ1) is 12.7. The molecule has 1 fully saturated rings. The van der Waals surface area contributed by atoms with Crippen LogP contribution in [0.5, 0.6) is 0 Å². The molecule has 0 aliphatic heterocycles. The maximum atomic E-state index is 12.0. The molecule has 4 N–H and O–H groups in total. The lowest BCUT2D eigenvalue weighted by Crippen LogP contribution is -2.43. The number of carbonyl (C=O) groups is 2. The van der Waals surface area contributed by atoms with Crippen molar-refractivity contribution in [3.05, 3.63) is 29.8 Å². The second-order valence-corrected chi connectivity index (χ2v) is 6.87. The van der Waals surface area contributed by atoms with Crippen LogP contribution in [0.2, 0.25) is 0 Å². The molecule has 0 bridgehead atoms. The molecular formula is C20H32N4O2. The van der Waals surface area contributed by atoms with Gasteiger partial charge in [0.25, 0.3) is 0 Å². The van der Waals surface area contributed by atoms with Gasteiger partial charge in [-0.3, -0.25) is 4.79 Å². The molecule has 0 unspecified atom stereocenters. The Bertz CT molecular complexity index is 571. The molecule has 1 saturated carbocycles. The molecule has 0 radical (unpaired) electrons. The Morgan fingerprint density at radius 1 is 1.15 bits per heavy atom. The summed E-state index contributed by atoms with van der Waals surface area (Å²) in [7, 11) is 0. The number of anilines is 1. The van der Waals surface area contributed by atoms with Crippen LogP contribution in [0.15, 0.2) is 24.3 Å². The standard InChI is InChI=1S/C20H32N4O2/c1-2-21-15-16-8-6-11-18(14-16)23-19(25)12-7-13-22-20(26)24-17-9-4-3-5-10-17/h6,8,11,14,17,21H,2-5,7,9-10,12-13,15H2,1H3,(H,23,25)(H2,22,24,26). The Kier molecular flexibility index (Phi) is 8.96. The minimum atomic E-state index is -0.117. The van der Waals surface area contributed by atoms with E-state index in [9.17, 15) is 9.59 Å². The largest absolute Gasteiger partial charge is 0.338 e. The van der Waals surface area contributed by atoms with Crippen LogP contribution < -0.4 is 21.3 Å². The van der Waals surface area contributed by atoms with Crippen LogP contribution in [0.1, 0.15) is 57.4 Å². The molecule has 26 heavy (non-hydrogen) atoms. The summed E-state index contributed by atoms with van der Waals surface area (Å²) in [6.07, 6.45) is 6.82. The number of rotatable bonds is 9. The van der Waals surface area contributed by atoms with Crippen molar-refractivity contribution in [2.45, 2.75) is 64.5 Å². The highest BCUT2D eigenvalue weighted by atomic mass is 16.2. The Morgan fingerprint density at radius 2 is 1.96 bits per heavy atom. The first-order valence-corrected chi connectivity index (χ1v) is 9.81. The highest BCUT2D eigenvalue weighted by Crippen LogP contribution is 2.17. The number of amides is 3. The summed E-state index contributed by atoms with van der Waals surface area (Å²) in [5.74, 6) is -0.0277. The second kappa shape index (κ2) is 11.5. The number of hydrogen-bond donors (Lipinski definition) is 4.